The average molecular weight is 346 g/mol. The third kappa shape index (κ3) is 2.53. The Labute approximate surface area is 148 Å². The van der Waals surface area contributed by atoms with Crippen LogP contribution < -0.4 is 0 Å². The molecule has 0 bridgehead atoms. The number of nitrogens with zero attached hydrogens (tertiary/aromatic N) is 6. The molecule has 0 saturated carbocycles. The summed E-state index contributed by atoms with van der Waals surface area (Å²) in [7, 11) is 0. The first-order valence-corrected chi connectivity index (χ1v) is 7.86. The van der Waals surface area contributed by atoms with Gasteiger partial charge in [0.15, 0.2) is 11.6 Å². The molecule has 3 heterocycles. The van der Waals surface area contributed by atoms with E-state index in [9.17, 15) is 9.90 Å². The number of rotatable bonds is 4. The molecule has 0 unspecified atom stereocenters. The van der Waals surface area contributed by atoms with Gasteiger partial charge in [0.1, 0.15) is 11.4 Å². The van der Waals surface area contributed by atoms with E-state index in [0.717, 1.165) is 11.3 Å². The van der Waals surface area contributed by atoms with Crippen molar-refractivity contribution in [3.8, 4) is 22.9 Å². The van der Waals surface area contributed by atoms with Crippen molar-refractivity contribution in [3.05, 3.63) is 72.4 Å². The minimum atomic E-state index is -1.07. The summed E-state index contributed by atoms with van der Waals surface area (Å²) in [5.41, 5.74) is 1.58. The molecule has 0 fully saturated rings. The number of hydrogen-bond acceptors (Lipinski definition) is 5. The SMILES string of the molecule is Cc1nnc(-c2ccncc2)n1-c1c(C(=O)O)cnn1-c1ccccc1. The fraction of sp³-hybridized carbons (Fsp3) is 0.0556. The lowest BCUT2D eigenvalue weighted by molar-refractivity contribution is 0.0697. The molecule has 8 nitrogen and oxygen atoms in total. The van der Waals surface area contributed by atoms with Gasteiger partial charge in [-0.15, -0.1) is 10.2 Å². The highest BCUT2D eigenvalue weighted by Crippen LogP contribution is 2.26. The molecule has 0 aliphatic heterocycles. The molecule has 128 valence electrons. The molecule has 8 heteroatoms. The molecule has 0 amide bonds. The number of aromatic carboxylic acids is 1. The van der Waals surface area contributed by atoms with E-state index in [1.165, 1.54) is 6.20 Å². The monoisotopic (exact) mass is 346 g/mol. The average Bonchev–Trinajstić information content (AvgIpc) is 3.26. The van der Waals surface area contributed by atoms with E-state index in [1.54, 1.807) is 40.7 Å². The number of carboxylic acids is 1. The van der Waals surface area contributed by atoms with Gasteiger partial charge in [0.05, 0.1) is 11.9 Å². The maximum absolute atomic E-state index is 11.8. The second-order valence-corrected chi connectivity index (χ2v) is 5.58. The van der Waals surface area contributed by atoms with E-state index < -0.39 is 5.97 Å². The lowest BCUT2D eigenvalue weighted by Gasteiger charge is -2.13. The maximum atomic E-state index is 11.8. The third-order valence-corrected chi connectivity index (χ3v) is 3.95. The smallest absolute Gasteiger partial charge is 0.341 e. The summed E-state index contributed by atoms with van der Waals surface area (Å²) in [5.74, 6) is 0.371. The highest BCUT2D eigenvalue weighted by molar-refractivity contribution is 5.91. The van der Waals surface area contributed by atoms with Crippen LogP contribution in [0.4, 0.5) is 0 Å². The first kappa shape index (κ1) is 15.7. The van der Waals surface area contributed by atoms with Gasteiger partial charge >= 0.3 is 5.97 Å². The largest absolute Gasteiger partial charge is 0.477 e. The van der Waals surface area contributed by atoms with Crippen molar-refractivity contribution >= 4 is 5.97 Å². The van der Waals surface area contributed by atoms with Crippen molar-refractivity contribution in [2.75, 3.05) is 0 Å². The number of carbonyl (C=O) groups is 1. The Morgan fingerprint density at radius 3 is 2.46 bits per heavy atom. The van der Waals surface area contributed by atoms with Gasteiger partial charge in [-0.2, -0.15) is 5.10 Å². The second-order valence-electron chi connectivity index (χ2n) is 5.58. The van der Waals surface area contributed by atoms with Gasteiger partial charge in [-0.1, -0.05) is 18.2 Å². The minimum absolute atomic E-state index is 0.0621. The fourth-order valence-corrected chi connectivity index (χ4v) is 2.77. The molecule has 0 aliphatic carbocycles. The van der Waals surface area contributed by atoms with Gasteiger partial charge in [-0.05, 0) is 31.2 Å². The summed E-state index contributed by atoms with van der Waals surface area (Å²) in [4.78, 5) is 15.8. The third-order valence-electron chi connectivity index (χ3n) is 3.95. The summed E-state index contributed by atoms with van der Waals surface area (Å²) in [6.07, 6.45) is 4.63. The molecule has 4 rings (SSSR count). The number of carboxylic acid groups (broad SMARTS) is 1. The Morgan fingerprint density at radius 1 is 1.04 bits per heavy atom. The summed E-state index contributed by atoms with van der Waals surface area (Å²) in [6.45, 7) is 1.77. The van der Waals surface area contributed by atoms with Gasteiger partial charge in [0, 0.05) is 18.0 Å². The Balaban J connectivity index is 2.01. The second kappa shape index (κ2) is 6.25. The number of aryl methyl sites for hydroxylation is 1. The van der Waals surface area contributed by atoms with Crippen LogP contribution >= 0.6 is 0 Å². The van der Waals surface area contributed by atoms with Gasteiger partial charge in [0.2, 0.25) is 0 Å². The van der Waals surface area contributed by atoms with E-state index >= 15 is 0 Å². The van der Waals surface area contributed by atoms with Gasteiger partial charge in [0.25, 0.3) is 0 Å². The summed E-state index contributed by atoms with van der Waals surface area (Å²) in [6, 6.07) is 12.9. The van der Waals surface area contributed by atoms with Gasteiger partial charge < -0.3 is 5.11 Å². The van der Waals surface area contributed by atoms with Crippen molar-refractivity contribution in [1.82, 2.24) is 29.5 Å². The van der Waals surface area contributed by atoms with Crippen LogP contribution in [0, 0.1) is 6.92 Å². The highest BCUT2D eigenvalue weighted by atomic mass is 16.4. The standard InChI is InChI=1S/C18H14N6O2/c1-12-21-22-16(13-7-9-19-10-8-13)23(12)17-15(18(25)26)11-20-24(17)14-5-3-2-4-6-14/h2-11H,1H3,(H,25,26). The van der Waals surface area contributed by atoms with Gasteiger partial charge in [-0.3, -0.25) is 9.55 Å². The molecule has 3 aromatic heterocycles. The molecule has 1 N–H and O–H groups in total. The van der Waals surface area contributed by atoms with Crippen LogP contribution in [0.2, 0.25) is 0 Å². The Kier molecular flexibility index (Phi) is 3.77. The molecule has 4 aromatic rings. The number of para-hydroxylation sites is 1. The summed E-state index contributed by atoms with van der Waals surface area (Å²) >= 11 is 0. The maximum Gasteiger partial charge on any atom is 0.341 e. The zero-order chi connectivity index (χ0) is 18.1. The topological polar surface area (TPSA) is 98.7 Å². The molecule has 0 spiro atoms. The first-order valence-electron chi connectivity index (χ1n) is 7.86. The van der Waals surface area contributed by atoms with Gasteiger partial charge in [-0.25, -0.2) is 9.48 Å². The van der Waals surface area contributed by atoms with Crippen LogP contribution in [0.5, 0.6) is 0 Å². The van der Waals surface area contributed by atoms with Crippen LogP contribution in [-0.4, -0.2) is 40.6 Å². The van der Waals surface area contributed by atoms with E-state index in [2.05, 4.69) is 20.3 Å². The van der Waals surface area contributed by atoms with Crippen LogP contribution in [0.25, 0.3) is 22.9 Å². The van der Waals surface area contributed by atoms with Crippen molar-refractivity contribution in [3.63, 3.8) is 0 Å². The molecular formula is C18H14N6O2. The number of aromatic nitrogens is 6. The van der Waals surface area contributed by atoms with Crippen LogP contribution in [0.15, 0.2) is 61.1 Å². The van der Waals surface area contributed by atoms with E-state index in [0.29, 0.717) is 17.5 Å². The van der Waals surface area contributed by atoms with Crippen molar-refractivity contribution in [2.45, 2.75) is 6.92 Å². The van der Waals surface area contributed by atoms with Crippen LogP contribution in [0.3, 0.4) is 0 Å². The highest BCUT2D eigenvalue weighted by Gasteiger charge is 2.24. The summed E-state index contributed by atoms with van der Waals surface area (Å²) in [5, 5.41) is 22.3. The lowest BCUT2D eigenvalue weighted by atomic mass is 10.2. The molecule has 0 atom stereocenters. The quantitative estimate of drug-likeness (QED) is 0.610. The molecule has 1 aromatic carbocycles. The Bertz CT molecular complexity index is 1070. The number of hydrogen-bond donors (Lipinski definition) is 1. The van der Waals surface area contributed by atoms with E-state index in [-0.39, 0.29) is 5.56 Å². The summed E-state index contributed by atoms with van der Waals surface area (Å²) < 4.78 is 3.27. The minimum Gasteiger partial charge on any atom is -0.477 e. The van der Waals surface area contributed by atoms with Crippen molar-refractivity contribution in [2.24, 2.45) is 0 Å². The predicted molar refractivity (Wildman–Crippen MR) is 93.4 cm³/mol. The molecule has 26 heavy (non-hydrogen) atoms. The normalized spacial score (nSPS) is 10.8. The Morgan fingerprint density at radius 2 is 1.77 bits per heavy atom. The van der Waals surface area contributed by atoms with Crippen molar-refractivity contribution in [1.29, 1.82) is 0 Å². The number of benzene rings is 1. The fourth-order valence-electron chi connectivity index (χ4n) is 2.77. The molecular weight excluding hydrogens is 332 g/mol. The molecule has 0 aliphatic rings. The van der Waals surface area contributed by atoms with E-state index in [1.807, 2.05) is 30.3 Å². The number of pyridine rings is 1. The zero-order valence-electron chi connectivity index (χ0n) is 13.8. The Hall–Kier alpha value is -3.81. The van der Waals surface area contributed by atoms with Crippen molar-refractivity contribution < 1.29 is 9.90 Å². The lowest BCUT2D eigenvalue weighted by Crippen LogP contribution is -2.12. The first-order chi connectivity index (χ1) is 12.7. The van der Waals surface area contributed by atoms with Crippen LogP contribution in [0.1, 0.15) is 16.2 Å². The predicted octanol–water partition coefficient (Wildman–Crippen LogP) is 2.52. The van der Waals surface area contributed by atoms with E-state index in [4.69, 9.17) is 0 Å². The zero-order valence-corrected chi connectivity index (χ0v) is 13.8. The molecule has 0 radical (unpaired) electrons. The van der Waals surface area contributed by atoms with Crippen LogP contribution in [-0.2, 0) is 0 Å². The molecule has 0 saturated heterocycles.